The molecule has 1 aromatic carbocycles. The predicted molar refractivity (Wildman–Crippen MR) is 99.7 cm³/mol. The van der Waals surface area contributed by atoms with Crippen molar-refractivity contribution in [2.24, 2.45) is 5.73 Å². The Balaban J connectivity index is 1.84. The van der Waals surface area contributed by atoms with Crippen LogP contribution >= 0.6 is 0 Å². The van der Waals surface area contributed by atoms with Gasteiger partial charge in [-0.05, 0) is 42.7 Å². The molecule has 1 atom stereocenters. The van der Waals surface area contributed by atoms with Gasteiger partial charge in [0.05, 0.1) is 7.11 Å². The zero-order valence-electron chi connectivity index (χ0n) is 16.1. The average Bonchev–Trinajstić information content (AvgIpc) is 3.21. The number of rotatable bonds is 5. The minimum Gasteiger partial charge on any atom is -0.467 e. The molecule has 30 heavy (non-hydrogen) atoms. The summed E-state index contributed by atoms with van der Waals surface area (Å²) in [4.78, 5) is 29.6. The van der Waals surface area contributed by atoms with Gasteiger partial charge in [-0.1, -0.05) is 6.07 Å². The quantitative estimate of drug-likeness (QED) is 0.743. The number of ether oxygens (including phenoxy) is 2. The van der Waals surface area contributed by atoms with E-state index in [0.29, 0.717) is 19.4 Å². The van der Waals surface area contributed by atoms with Gasteiger partial charge in [0.2, 0.25) is 5.88 Å². The molecule has 0 saturated carbocycles. The van der Waals surface area contributed by atoms with Crippen molar-refractivity contribution in [1.82, 2.24) is 9.88 Å². The molecule has 0 radical (unpaired) electrons. The number of nitrogens with two attached hydrogens (primary N) is 1. The van der Waals surface area contributed by atoms with Crippen molar-refractivity contribution in [3.05, 3.63) is 53.2 Å². The summed E-state index contributed by atoms with van der Waals surface area (Å²) in [7, 11) is 1.26. The summed E-state index contributed by atoms with van der Waals surface area (Å²) in [5.41, 5.74) is 4.79. The highest BCUT2D eigenvalue weighted by Crippen LogP contribution is 2.31. The van der Waals surface area contributed by atoms with Crippen LogP contribution in [0.2, 0.25) is 0 Å². The van der Waals surface area contributed by atoms with Gasteiger partial charge in [0.25, 0.3) is 5.91 Å². The number of carbonyl (C=O) groups excluding carboxylic acids is 2. The Kier molecular flexibility index (Phi) is 6.25. The number of methoxy groups -OCH3 is 1. The van der Waals surface area contributed by atoms with Crippen molar-refractivity contribution in [3.63, 3.8) is 0 Å². The molecule has 1 aliphatic heterocycles. The molecule has 2 aromatic rings. The Morgan fingerprint density at radius 2 is 2.03 bits per heavy atom. The number of carbonyl (C=O) groups is 2. The summed E-state index contributed by atoms with van der Waals surface area (Å²) in [5.74, 6) is -1.04. The minimum absolute atomic E-state index is 0.121. The minimum atomic E-state index is -4.65. The van der Waals surface area contributed by atoms with Crippen LogP contribution < -0.4 is 10.5 Å². The highest BCUT2D eigenvalue weighted by Gasteiger charge is 2.35. The van der Waals surface area contributed by atoms with Gasteiger partial charge in [-0.25, -0.2) is 9.78 Å². The molecule has 2 heterocycles. The highest BCUT2D eigenvalue weighted by molar-refractivity contribution is 5.97. The molecule has 1 saturated heterocycles. The third kappa shape index (κ3) is 4.70. The van der Waals surface area contributed by atoms with E-state index in [9.17, 15) is 22.8 Å². The molecule has 0 aliphatic carbocycles. The van der Waals surface area contributed by atoms with Gasteiger partial charge in [-0.2, -0.15) is 13.2 Å². The number of hydrogen-bond acceptors (Lipinski definition) is 6. The van der Waals surface area contributed by atoms with Crippen LogP contribution in [0.3, 0.4) is 0 Å². The Labute approximate surface area is 170 Å². The van der Waals surface area contributed by atoms with Crippen LogP contribution in [0.15, 0.2) is 36.4 Å². The van der Waals surface area contributed by atoms with Gasteiger partial charge in [0.1, 0.15) is 17.5 Å². The van der Waals surface area contributed by atoms with E-state index in [-0.39, 0.29) is 29.3 Å². The first-order valence-electron chi connectivity index (χ1n) is 9.18. The lowest BCUT2D eigenvalue weighted by Gasteiger charge is -2.22. The first-order valence-corrected chi connectivity index (χ1v) is 9.18. The van der Waals surface area contributed by atoms with Crippen molar-refractivity contribution in [1.29, 1.82) is 0 Å². The normalized spacial score (nSPS) is 16.4. The average molecular weight is 423 g/mol. The largest absolute Gasteiger partial charge is 0.467 e. The second-order valence-electron chi connectivity index (χ2n) is 6.71. The fourth-order valence-electron chi connectivity index (χ4n) is 3.24. The zero-order chi connectivity index (χ0) is 21.9. The van der Waals surface area contributed by atoms with E-state index >= 15 is 0 Å². The van der Waals surface area contributed by atoms with E-state index in [0.717, 1.165) is 6.07 Å². The number of likely N-dealkylation sites (tertiary alicyclic amines) is 1. The summed E-state index contributed by atoms with van der Waals surface area (Å²) in [6, 6.07) is 7.44. The Bertz CT molecular complexity index is 949. The lowest BCUT2D eigenvalue weighted by molar-refractivity contribution is -0.145. The second-order valence-corrected chi connectivity index (χ2v) is 6.71. The van der Waals surface area contributed by atoms with Crippen molar-refractivity contribution < 1.29 is 32.2 Å². The van der Waals surface area contributed by atoms with Crippen molar-refractivity contribution >= 4 is 11.9 Å². The monoisotopic (exact) mass is 423 g/mol. The molecule has 2 N–H and O–H groups in total. The molecule has 160 valence electrons. The molecular formula is C20H20F3N3O4. The van der Waals surface area contributed by atoms with Crippen LogP contribution in [0.5, 0.6) is 11.6 Å². The zero-order valence-corrected chi connectivity index (χ0v) is 16.1. The number of benzene rings is 1. The SMILES string of the molecule is COC(=O)[C@@H]1CCCN1C(=O)c1cccc(Oc2cc(CN)cc(C(F)(F)F)n2)c1. The van der Waals surface area contributed by atoms with Crippen molar-refractivity contribution in [3.8, 4) is 11.6 Å². The Hall–Kier alpha value is -3.14. The number of hydrogen-bond donors (Lipinski definition) is 1. The fourth-order valence-corrected chi connectivity index (χ4v) is 3.24. The van der Waals surface area contributed by atoms with E-state index in [4.69, 9.17) is 15.2 Å². The highest BCUT2D eigenvalue weighted by atomic mass is 19.4. The molecule has 1 aliphatic rings. The summed E-state index contributed by atoms with van der Waals surface area (Å²) < 4.78 is 49.4. The summed E-state index contributed by atoms with van der Waals surface area (Å²) in [6.45, 7) is 0.281. The smallest absolute Gasteiger partial charge is 0.433 e. The number of aromatic nitrogens is 1. The molecule has 0 spiro atoms. The third-order valence-electron chi connectivity index (χ3n) is 4.68. The second kappa shape index (κ2) is 8.70. The Morgan fingerprint density at radius 1 is 1.27 bits per heavy atom. The van der Waals surface area contributed by atoms with Gasteiger partial charge in [0.15, 0.2) is 0 Å². The van der Waals surface area contributed by atoms with E-state index in [2.05, 4.69) is 4.98 Å². The van der Waals surface area contributed by atoms with Gasteiger partial charge in [-0.3, -0.25) is 4.79 Å². The predicted octanol–water partition coefficient (Wildman–Crippen LogP) is 3.13. The first kappa shape index (κ1) is 21.6. The summed E-state index contributed by atoms with van der Waals surface area (Å²) >= 11 is 0. The first-order chi connectivity index (χ1) is 14.2. The molecule has 10 heteroatoms. The van der Waals surface area contributed by atoms with Crippen LogP contribution in [0.1, 0.15) is 34.5 Å². The molecule has 3 rings (SSSR count). The maximum absolute atomic E-state index is 13.0. The lowest BCUT2D eigenvalue weighted by atomic mass is 10.1. The van der Waals surface area contributed by atoms with Gasteiger partial charge >= 0.3 is 12.1 Å². The maximum atomic E-state index is 13.0. The molecule has 1 aromatic heterocycles. The van der Waals surface area contributed by atoms with E-state index < -0.39 is 29.8 Å². The molecule has 1 amide bonds. The molecule has 0 unspecified atom stereocenters. The number of pyridine rings is 1. The van der Waals surface area contributed by atoms with Gasteiger partial charge in [0, 0.05) is 24.7 Å². The molecule has 7 nitrogen and oxygen atoms in total. The standard InChI is InChI=1S/C20H20F3N3O4/c1-29-19(28)15-6-3-7-26(15)18(27)13-4-2-5-14(10-13)30-17-9-12(11-24)8-16(25-17)20(21,22)23/h2,4-5,8-10,15H,3,6-7,11,24H2,1H3/t15-/m0/s1. The number of amides is 1. The number of nitrogens with zero attached hydrogens (tertiary/aromatic N) is 2. The van der Waals surface area contributed by atoms with Crippen LogP contribution in [-0.2, 0) is 22.3 Å². The van der Waals surface area contributed by atoms with Crippen LogP contribution in [-0.4, -0.2) is 41.5 Å². The number of esters is 1. The molecule has 0 bridgehead atoms. The topological polar surface area (TPSA) is 94.8 Å². The number of halogens is 3. The Morgan fingerprint density at radius 3 is 2.70 bits per heavy atom. The lowest BCUT2D eigenvalue weighted by Crippen LogP contribution is -2.41. The summed E-state index contributed by atoms with van der Waals surface area (Å²) in [6.07, 6.45) is -3.48. The fraction of sp³-hybridized carbons (Fsp3) is 0.350. The summed E-state index contributed by atoms with van der Waals surface area (Å²) in [5, 5.41) is 0. The molecule has 1 fully saturated rings. The van der Waals surface area contributed by atoms with Crippen LogP contribution in [0.4, 0.5) is 13.2 Å². The number of alkyl halides is 3. The van der Waals surface area contributed by atoms with Crippen LogP contribution in [0, 0.1) is 0 Å². The van der Waals surface area contributed by atoms with Crippen molar-refractivity contribution in [2.75, 3.05) is 13.7 Å². The molecular weight excluding hydrogens is 403 g/mol. The van der Waals surface area contributed by atoms with E-state index in [1.807, 2.05) is 0 Å². The maximum Gasteiger partial charge on any atom is 0.433 e. The van der Waals surface area contributed by atoms with E-state index in [1.165, 1.54) is 42.3 Å². The third-order valence-corrected chi connectivity index (χ3v) is 4.68. The van der Waals surface area contributed by atoms with Gasteiger partial charge < -0.3 is 20.1 Å². The van der Waals surface area contributed by atoms with Crippen molar-refractivity contribution in [2.45, 2.75) is 31.6 Å². The van der Waals surface area contributed by atoms with E-state index in [1.54, 1.807) is 0 Å². The van der Waals surface area contributed by atoms with Crippen LogP contribution in [0.25, 0.3) is 0 Å². The van der Waals surface area contributed by atoms with Gasteiger partial charge in [-0.15, -0.1) is 0 Å².